The lowest BCUT2D eigenvalue weighted by atomic mass is 9.76. The molecule has 0 saturated heterocycles. The Balaban J connectivity index is 1.24. The molecule has 2 aliphatic rings. The Labute approximate surface area is 237 Å². The van der Waals surface area contributed by atoms with Gasteiger partial charge in [-0.25, -0.2) is 8.78 Å². The summed E-state index contributed by atoms with van der Waals surface area (Å²) in [5.41, 5.74) is 1.40. The molecule has 220 valence electrons. The number of benzene rings is 2. The molecule has 0 radical (unpaired) electrons. The van der Waals surface area contributed by atoms with Crippen molar-refractivity contribution in [2.75, 3.05) is 13.2 Å². The number of aliphatic hydroxyl groups is 1. The summed E-state index contributed by atoms with van der Waals surface area (Å²) in [6.45, 7) is 6.55. The molecular weight excluding hydrogens is 513 g/mol. The summed E-state index contributed by atoms with van der Waals surface area (Å²) < 4.78 is 55.9. The van der Waals surface area contributed by atoms with Gasteiger partial charge in [-0.3, -0.25) is 0 Å². The van der Waals surface area contributed by atoms with E-state index in [1.54, 1.807) is 24.3 Å². The van der Waals surface area contributed by atoms with Crippen LogP contribution in [0.15, 0.2) is 43.0 Å². The average molecular weight is 559 g/mol. The molecule has 40 heavy (non-hydrogen) atoms. The van der Waals surface area contributed by atoms with Crippen LogP contribution in [0.2, 0.25) is 0 Å². The molecule has 2 saturated carbocycles. The van der Waals surface area contributed by atoms with Gasteiger partial charge in [-0.2, -0.15) is 4.39 Å². The molecule has 0 heterocycles. The third-order valence-electron chi connectivity index (χ3n) is 8.98. The first-order valence-electron chi connectivity index (χ1n) is 15.2. The zero-order valence-electron chi connectivity index (χ0n) is 23.9. The van der Waals surface area contributed by atoms with Crippen molar-refractivity contribution >= 4 is 0 Å². The van der Waals surface area contributed by atoms with Gasteiger partial charge in [0.25, 0.3) is 0 Å². The highest BCUT2D eigenvalue weighted by Crippen LogP contribution is 2.41. The number of unbranched alkanes of at least 4 members (excludes halogenated alkanes) is 1. The Bertz CT molecular complexity index is 1090. The summed E-state index contributed by atoms with van der Waals surface area (Å²) in [7, 11) is 0. The minimum atomic E-state index is -0.901. The molecule has 0 bridgehead atoms. The van der Waals surface area contributed by atoms with Crippen molar-refractivity contribution in [2.45, 2.75) is 102 Å². The van der Waals surface area contributed by atoms with Crippen molar-refractivity contribution in [3.8, 4) is 11.5 Å². The van der Waals surface area contributed by atoms with Crippen molar-refractivity contribution in [3.63, 3.8) is 0 Å². The minimum Gasteiger partial charge on any atom is -0.491 e. The van der Waals surface area contributed by atoms with E-state index in [4.69, 9.17) is 9.47 Å². The molecule has 2 aliphatic carbocycles. The van der Waals surface area contributed by atoms with Crippen LogP contribution in [0.4, 0.5) is 13.2 Å². The van der Waals surface area contributed by atoms with Crippen molar-refractivity contribution in [2.24, 2.45) is 11.8 Å². The van der Waals surface area contributed by atoms with Gasteiger partial charge in [0.15, 0.2) is 23.1 Å². The number of allylic oxidation sites excluding steroid dienone is 1. The summed E-state index contributed by atoms with van der Waals surface area (Å²) >= 11 is 0. The lowest BCUT2D eigenvalue weighted by Gasteiger charge is -2.32. The van der Waals surface area contributed by atoms with Crippen LogP contribution in [0, 0.1) is 29.3 Å². The van der Waals surface area contributed by atoms with Crippen LogP contribution in [-0.4, -0.2) is 24.4 Å². The summed E-state index contributed by atoms with van der Waals surface area (Å²) in [6, 6.07) is 8.51. The first kappa shape index (κ1) is 30.5. The fourth-order valence-corrected chi connectivity index (χ4v) is 6.49. The third-order valence-corrected chi connectivity index (χ3v) is 8.98. The van der Waals surface area contributed by atoms with Crippen molar-refractivity contribution in [3.05, 3.63) is 71.6 Å². The first-order valence-corrected chi connectivity index (χ1v) is 15.2. The Hall–Kier alpha value is -2.47. The van der Waals surface area contributed by atoms with Gasteiger partial charge in [0.1, 0.15) is 0 Å². The quantitative estimate of drug-likeness (QED) is 0.197. The minimum absolute atomic E-state index is 0.0216. The lowest BCUT2D eigenvalue weighted by molar-refractivity contribution is 0.0727. The molecule has 3 nitrogen and oxygen atoms in total. The summed E-state index contributed by atoms with van der Waals surface area (Å²) in [6.07, 6.45) is 11.7. The van der Waals surface area contributed by atoms with E-state index in [1.807, 2.05) is 12.1 Å². The van der Waals surface area contributed by atoms with Gasteiger partial charge >= 0.3 is 0 Å². The van der Waals surface area contributed by atoms with E-state index in [2.05, 4.69) is 13.5 Å². The summed E-state index contributed by atoms with van der Waals surface area (Å²) in [4.78, 5) is 0. The molecule has 1 unspecified atom stereocenters. The Morgan fingerprint density at radius 2 is 1.60 bits per heavy atom. The van der Waals surface area contributed by atoms with Crippen LogP contribution in [0.3, 0.4) is 0 Å². The predicted molar refractivity (Wildman–Crippen MR) is 153 cm³/mol. The molecule has 0 amide bonds. The predicted octanol–water partition coefficient (Wildman–Crippen LogP) is 9.24. The van der Waals surface area contributed by atoms with E-state index in [1.165, 1.54) is 0 Å². The number of hydrogen-bond donors (Lipinski definition) is 1. The smallest absolute Gasteiger partial charge is 0.200 e. The summed E-state index contributed by atoms with van der Waals surface area (Å²) in [5.74, 6) is -1.01. The van der Waals surface area contributed by atoms with Crippen LogP contribution in [-0.2, 0) is 0 Å². The van der Waals surface area contributed by atoms with Gasteiger partial charge in [0.2, 0.25) is 5.82 Å². The molecule has 2 fully saturated rings. The number of aliphatic hydroxyl groups excluding tert-OH is 1. The molecule has 4 rings (SSSR count). The van der Waals surface area contributed by atoms with Gasteiger partial charge in [0.05, 0.1) is 19.3 Å². The highest BCUT2D eigenvalue weighted by Gasteiger charge is 2.30. The zero-order valence-corrected chi connectivity index (χ0v) is 23.9. The van der Waals surface area contributed by atoms with E-state index >= 15 is 4.39 Å². The molecule has 0 aromatic heterocycles. The standard InChI is InChI=1S/C34H45F3O3/c1-3-5-6-20-39-31-18-16-27(21-29(31)35)24-10-8-23(9-11-24)22-40-32-19-17-28(33(36)34(32)37)25-12-14-26(15-13-25)30(38)7-4-2/h3,16-19,21,23-26,30,38H,1,4-15,20,22H2,2H3. The van der Waals surface area contributed by atoms with Crippen LogP contribution >= 0.6 is 0 Å². The van der Waals surface area contributed by atoms with Crippen molar-refractivity contribution in [1.29, 1.82) is 0 Å². The van der Waals surface area contributed by atoms with Crippen LogP contribution in [0.25, 0.3) is 0 Å². The molecule has 2 aromatic rings. The molecule has 0 aliphatic heterocycles. The maximum Gasteiger partial charge on any atom is 0.200 e. The molecule has 6 heteroatoms. The maximum atomic E-state index is 15.0. The average Bonchev–Trinajstić information content (AvgIpc) is 2.97. The normalized spacial score (nSPS) is 23.9. The fourth-order valence-electron chi connectivity index (χ4n) is 6.49. The highest BCUT2D eigenvalue weighted by atomic mass is 19.2. The van der Waals surface area contributed by atoms with E-state index in [0.29, 0.717) is 18.8 Å². The first-order chi connectivity index (χ1) is 19.4. The van der Waals surface area contributed by atoms with E-state index in [-0.39, 0.29) is 47.1 Å². The monoisotopic (exact) mass is 558 g/mol. The molecule has 2 aromatic carbocycles. The number of rotatable bonds is 13. The van der Waals surface area contributed by atoms with Crippen LogP contribution < -0.4 is 9.47 Å². The molecule has 1 atom stereocenters. The van der Waals surface area contributed by atoms with Crippen LogP contribution in [0.1, 0.15) is 107 Å². The second-order valence-corrected chi connectivity index (χ2v) is 11.7. The molecular formula is C34H45F3O3. The van der Waals surface area contributed by atoms with Gasteiger partial charge in [0, 0.05) is 0 Å². The van der Waals surface area contributed by atoms with Crippen LogP contribution in [0.5, 0.6) is 11.5 Å². The molecule has 1 N–H and O–H groups in total. The Kier molecular flexibility index (Phi) is 11.4. The zero-order chi connectivity index (χ0) is 28.5. The van der Waals surface area contributed by atoms with Crippen molar-refractivity contribution in [1.82, 2.24) is 0 Å². The number of ether oxygens (including phenoxy) is 2. The van der Waals surface area contributed by atoms with E-state index < -0.39 is 11.6 Å². The summed E-state index contributed by atoms with van der Waals surface area (Å²) in [5, 5.41) is 10.3. The lowest BCUT2D eigenvalue weighted by Crippen LogP contribution is -2.25. The number of hydrogen-bond acceptors (Lipinski definition) is 3. The second kappa shape index (κ2) is 15.0. The van der Waals surface area contributed by atoms with Crippen molar-refractivity contribution < 1.29 is 27.8 Å². The SMILES string of the molecule is C=CCCCOc1ccc(C2CCC(COc3ccc(C4CCC(C(O)CCC)CC4)c(F)c3F)CC2)cc1F. The topological polar surface area (TPSA) is 38.7 Å². The number of halogens is 3. The second-order valence-electron chi connectivity index (χ2n) is 11.7. The van der Waals surface area contributed by atoms with E-state index in [0.717, 1.165) is 82.6 Å². The van der Waals surface area contributed by atoms with Gasteiger partial charge < -0.3 is 14.6 Å². The van der Waals surface area contributed by atoms with Gasteiger partial charge in [-0.15, -0.1) is 6.58 Å². The Morgan fingerprint density at radius 1 is 0.900 bits per heavy atom. The Morgan fingerprint density at radius 3 is 2.27 bits per heavy atom. The highest BCUT2D eigenvalue weighted by molar-refractivity contribution is 5.34. The maximum absolute atomic E-state index is 15.0. The van der Waals surface area contributed by atoms with E-state index in [9.17, 15) is 13.9 Å². The largest absolute Gasteiger partial charge is 0.491 e. The third kappa shape index (κ3) is 7.84. The van der Waals surface area contributed by atoms with Gasteiger partial charge in [-0.05, 0) is 124 Å². The fraction of sp³-hybridized carbons (Fsp3) is 0.588. The van der Waals surface area contributed by atoms with Gasteiger partial charge in [-0.1, -0.05) is 31.6 Å². The molecule has 0 spiro atoms.